The highest BCUT2D eigenvalue weighted by Crippen LogP contribution is 2.24. The van der Waals surface area contributed by atoms with E-state index in [9.17, 15) is 9.90 Å². The first-order chi connectivity index (χ1) is 13.8. The van der Waals surface area contributed by atoms with Crippen LogP contribution in [0, 0.1) is 13.8 Å². The van der Waals surface area contributed by atoms with Gasteiger partial charge in [-0.25, -0.2) is 9.98 Å². The quantitative estimate of drug-likeness (QED) is 0.668. The van der Waals surface area contributed by atoms with Crippen LogP contribution < -0.4 is 21.2 Å². The van der Waals surface area contributed by atoms with E-state index in [4.69, 9.17) is 9.98 Å². The number of aliphatic hydroxyl groups excluding tert-OH is 1. The van der Waals surface area contributed by atoms with Crippen molar-refractivity contribution in [1.29, 1.82) is 0 Å². The van der Waals surface area contributed by atoms with E-state index < -0.39 is 0 Å². The van der Waals surface area contributed by atoms with Crippen molar-refractivity contribution in [3.63, 3.8) is 0 Å². The predicted molar refractivity (Wildman–Crippen MR) is 117 cm³/mol. The maximum atomic E-state index is 12.7. The van der Waals surface area contributed by atoms with E-state index in [2.05, 4.69) is 29.6 Å². The Bertz CT molecular complexity index is 1210. The van der Waals surface area contributed by atoms with Gasteiger partial charge in [0.2, 0.25) is 0 Å². The number of nitrogens with zero attached hydrogens (tertiary/aromatic N) is 4. The molecule has 0 atom stereocenters. The minimum atomic E-state index is -0.125. The molecule has 3 aromatic rings. The Balaban J connectivity index is 2.20. The molecule has 0 spiro atoms. The first kappa shape index (κ1) is 20.8. The molecule has 0 aliphatic carbocycles. The van der Waals surface area contributed by atoms with Crippen LogP contribution in [0.4, 0.5) is 11.4 Å². The molecule has 3 rings (SSSR count). The van der Waals surface area contributed by atoms with Gasteiger partial charge in [0.05, 0.1) is 23.3 Å². The molecule has 2 aromatic heterocycles. The predicted octanol–water partition coefficient (Wildman–Crippen LogP) is 1.94. The molecular weight excluding hydrogens is 366 g/mol. The number of anilines is 1. The molecule has 0 saturated heterocycles. The van der Waals surface area contributed by atoms with Crippen molar-refractivity contribution in [2.45, 2.75) is 40.5 Å². The molecule has 2 N–H and O–H groups in total. The van der Waals surface area contributed by atoms with E-state index in [-0.39, 0.29) is 18.1 Å². The third-order valence-corrected chi connectivity index (χ3v) is 5.17. The lowest BCUT2D eigenvalue weighted by Gasteiger charge is -2.22. The summed E-state index contributed by atoms with van der Waals surface area (Å²) >= 11 is 0. The van der Waals surface area contributed by atoms with Gasteiger partial charge < -0.3 is 10.0 Å². The molecule has 0 aliphatic rings. The van der Waals surface area contributed by atoms with Crippen molar-refractivity contribution < 1.29 is 5.11 Å². The topological polar surface area (TPSA) is 86.0 Å². The molecule has 154 valence electrons. The van der Waals surface area contributed by atoms with Gasteiger partial charge in [-0.2, -0.15) is 4.52 Å². The zero-order chi connectivity index (χ0) is 21.3. The van der Waals surface area contributed by atoms with Crippen LogP contribution in [-0.4, -0.2) is 39.4 Å². The van der Waals surface area contributed by atoms with E-state index in [1.807, 2.05) is 32.9 Å². The highest BCUT2D eigenvalue weighted by molar-refractivity contribution is 5.58. The van der Waals surface area contributed by atoms with Gasteiger partial charge in [0.1, 0.15) is 5.36 Å². The third kappa shape index (κ3) is 3.82. The molecule has 0 saturated carbocycles. The number of nitrogens with one attached hydrogen (secondary N) is 1. The SMILES string of the molecule is C=c1[nH]n2c(=O)c(C)c(C(C)C)nc2c1=Nc1ccc(N(CC)CCO)cc1C. The molecule has 0 radical (unpaired) electrons. The average Bonchev–Trinajstić information content (AvgIpc) is 2.99. The standard InChI is InChI=1S/C22H29N5O2/c1-7-26(10-11-28)17-8-9-18(14(4)12-17)23-20-16(6)25-27-21(20)24-19(13(2)3)15(5)22(27)29/h8-9,12-13,25,28H,6-7,10-11H2,1-5H3. The Morgan fingerprint density at radius 1 is 1.34 bits per heavy atom. The molecule has 0 amide bonds. The highest BCUT2D eigenvalue weighted by Gasteiger charge is 2.15. The van der Waals surface area contributed by atoms with Gasteiger partial charge in [-0.05, 0) is 50.5 Å². The molecule has 2 heterocycles. The van der Waals surface area contributed by atoms with Gasteiger partial charge in [-0.15, -0.1) is 0 Å². The summed E-state index contributed by atoms with van der Waals surface area (Å²) in [5.74, 6) is 0.135. The summed E-state index contributed by atoms with van der Waals surface area (Å²) < 4.78 is 1.42. The largest absolute Gasteiger partial charge is 0.395 e. The van der Waals surface area contributed by atoms with Crippen molar-refractivity contribution in [1.82, 2.24) is 14.6 Å². The summed E-state index contributed by atoms with van der Waals surface area (Å²) in [6, 6.07) is 5.99. The van der Waals surface area contributed by atoms with Crippen molar-refractivity contribution in [2.24, 2.45) is 4.99 Å². The van der Waals surface area contributed by atoms with Crippen molar-refractivity contribution in [2.75, 3.05) is 24.6 Å². The third-order valence-electron chi connectivity index (χ3n) is 5.17. The normalized spacial score (nSPS) is 12.3. The molecule has 7 heteroatoms. The van der Waals surface area contributed by atoms with E-state index >= 15 is 0 Å². The number of aliphatic hydroxyl groups is 1. The smallest absolute Gasteiger partial charge is 0.275 e. The van der Waals surface area contributed by atoms with Crippen LogP contribution in [0.3, 0.4) is 0 Å². The lowest BCUT2D eigenvalue weighted by molar-refractivity contribution is 0.302. The lowest BCUT2D eigenvalue weighted by atomic mass is 10.1. The number of hydrogen-bond donors (Lipinski definition) is 2. The molecule has 1 aromatic carbocycles. The number of rotatable bonds is 6. The fourth-order valence-corrected chi connectivity index (χ4v) is 3.56. The summed E-state index contributed by atoms with van der Waals surface area (Å²) in [6.07, 6.45) is 0. The summed E-state index contributed by atoms with van der Waals surface area (Å²) in [4.78, 5) is 24.4. The van der Waals surface area contributed by atoms with Gasteiger partial charge in [0, 0.05) is 24.3 Å². The maximum absolute atomic E-state index is 12.7. The number of likely N-dealkylation sites (N-methyl/N-ethyl adjacent to an activating group) is 1. The Hall–Kier alpha value is -2.93. The Labute approximate surface area is 170 Å². The minimum absolute atomic E-state index is 0.108. The summed E-state index contributed by atoms with van der Waals surface area (Å²) in [5, 5.41) is 13.4. The number of aryl methyl sites for hydroxylation is 1. The number of H-pyrrole nitrogens is 1. The van der Waals surface area contributed by atoms with E-state index in [0.717, 1.165) is 29.2 Å². The fraction of sp³-hybridized carbons (Fsp3) is 0.409. The second kappa shape index (κ2) is 8.21. The molecular formula is C22H29N5O2. The number of aromatic amines is 1. The number of aromatic nitrogens is 3. The molecule has 0 aliphatic heterocycles. The number of fused-ring (bicyclic) bond motifs is 1. The number of hydrogen-bond acceptors (Lipinski definition) is 5. The monoisotopic (exact) mass is 395 g/mol. The molecule has 29 heavy (non-hydrogen) atoms. The van der Waals surface area contributed by atoms with Crippen molar-refractivity contribution in [3.8, 4) is 0 Å². The van der Waals surface area contributed by atoms with Crippen LogP contribution in [-0.2, 0) is 0 Å². The average molecular weight is 396 g/mol. The van der Waals surface area contributed by atoms with Crippen LogP contribution in [0.5, 0.6) is 0 Å². The van der Waals surface area contributed by atoms with E-state index in [0.29, 0.717) is 28.5 Å². The van der Waals surface area contributed by atoms with Gasteiger partial charge in [-0.3, -0.25) is 9.89 Å². The van der Waals surface area contributed by atoms with Crippen LogP contribution in [0.15, 0.2) is 28.0 Å². The van der Waals surface area contributed by atoms with E-state index in [1.165, 1.54) is 4.52 Å². The summed E-state index contributed by atoms with van der Waals surface area (Å²) in [5.41, 5.74) is 4.61. The Morgan fingerprint density at radius 3 is 2.66 bits per heavy atom. The van der Waals surface area contributed by atoms with Crippen molar-refractivity contribution in [3.05, 3.63) is 56.1 Å². The fourth-order valence-electron chi connectivity index (χ4n) is 3.56. The first-order valence-electron chi connectivity index (χ1n) is 9.93. The van der Waals surface area contributed by atoms with Crippen LogP contribution in [0.2, 0.25) is 0 Å². The highest BCUT2D eigenvalue weighted by atomic mass is 16.3. The Kier molecular flexibility index (Phi) is 5.88. The molecule has 7 nitrogen and oxygen atoms in total. The maximum Gasteiger partial charge on any atom is 0.275 e. The van der Waals surface area contributed by atoms with E-state index in [1.54, 1.807) is 6.92 Å². The molecule has 0 bridgehead atoms. The summed E-state index contributed by atoms with van der Waals surface area (Å²) in [7, 11) is 0. The van der Waals surface area contributed by atoms with Gasteiger partial charge >= 0.3 is 0 Å². The summed E-state index contributed by atoms with van der Waals surface area (Å²) in [6.45, 7) is 15.4. The van der Waals surface area contributed by atoms with Gasteiger partial charge in [0.15, 0.2) is 5.65 Å². The second-order valence-electron chi connectivity index (χ2n) is 7.57. The number of benzene rings is 1. The minimum Gasteiger partial charge on any atom is -0.395 e. The van der Waals surface area contributed by atoms with Crippen LogP contribution in [0.1, 0.15) is 43.5 Å². The molecule has 0 unspecified atom stereocenters. The van der Waals surface area contributed by atoms with Gasteiger partial charge in [-0.1, -0.05) is 20.4 Å². The van der Waals surface area contributed by atoms with Crippen LogP contribution >= 0.6 is 0 Å². The zero-order valence-corrected chi connectivity index (χ0v) is 17.8. The Morgan fingerprint density at radius 2 is 2.07 bits per heavy atom. The van der Waals surface area contributed by atoms with Crippen molar-refractivity contribution >= 4 is 23.6 Å². The van der Waals surface area contributed by atoms with Gasteiger partial charge in [0.25, 0.3) is 5.56 Å². The van der Waals surface area contributed by atoms with Crippen LogP contribution in [0.25, 0.3) is 12.2 Å². The second-order valence-corrected chi connectivity index (χ2v) is 7.57. The molecule has 0 fully saturated rings. The lowest BCUT2D eigenvalue weighted by Crippen LogP contribution is -2.26. The first-order valence-corrected chi connectivity index (χ1v) is 9.93. The zero-order valence-electron chi connectivity index (χ0n) is 17.8.